The van der Waals surface area contributed by atoms with Gasteiger partial charge in [0.25, 0.3) is 0 Å². The molecule has 92 valence electrons. The Balaban J connectivity index is 1.88. The van der Waals surface area contributed by atoms with Gasteiger partial charge in [0, 0.05) is 31.2 Å². The fourth-order valence-electron chi connectivity index (χ4n) is 2.30. The van der Waals surface area contributed by atoms with E-state index in [0.717, 1.165) is 36.7 Å². The van der Waals surface area contributed by atoms with Gasteiger partial charge >= 0.3 is 0 Å². The van der Waals surface area contributed by atoms with Crippen molar-refractivity contribution in [1.29, 1.82) is 0 Å². The molecule has 2 N–H and O–H groups in total. The number of nitrogens with two attached hydrogens (primary N) is 1. The Morgan fingerprint density at radius 3 is 2.72 bits per heavy atom. The van der Waals surface area contributed by atoms with Crippen molar-refractivity contribution < 1.29 is 0 Å². The molecule has 0 unspecified atom stereocenters. The maximum Gasteiger partial charge on any atom is 0.225 e. The first kappa shape index (κ1) is 11.0. The van der Waals surface area contributed by atoms with Crippen LogP contribution in [0.2, 0.25) is 0 Å². The number of nitrogens with zero attached hydrogens (tertiary/aromatic N) is 3. The minimum Gasteiger partial charge on any atom is -0.399 e. The van der Waals surface area contributed by atoms with Gasteiger partial charge in [0.1, 0.15) is 0 Å². The lowest BCUT2D eigenvalue weighted by molar-refractivity contribution is 0.707. The molecular weight excluding hydrogens is 224 g/mol. The molecule has 2 heterocycles. The lowest BCUT2D eigenvalue weighted by Crippen LogP contribution is -2.31. The average molecular weight is 240 g/mol. The third kappa shape index (κ3) is 2.01. The number of aromatic nitrogens is 2. The summed E-state index contributed by atoms with van der Waals surface area (Å²) in [5.74, 6) is 0.800. The topological polar surface area (TPSA) is 55.0 Å². The van der Waals surface area contributed by atoms with Gasteiger partial charge in [-0.3, -0.25) is 0 Å². The lowest BCUT2D eigenvalue weighted by Gasteiger charge is -2.29. The first-order valence-corrected chi connectivity index (χ1v) is 6.13. The molecule has 2 aromatic rings. The van der Waals surface area contributed by atoms with Crippen molar-refractivity contribution in [1.82, 2.24) is 9.97 Å². The van der Waals surface area contributed by atoms with E-state index in [0.29, 0.717) is 0 Å². The SMILES string of the molecule is Cc1cnc(N2CCc3ccc(N)cc3C2)nc1. The standard InChI is InChI=1S/C14H16N4/c1-10-7-16-14(17-8-10)18-5-4-11-2-3-13(15)6-12(11)9-18/h2-3,6-8H,4-5,9,15H2,1H3. The van der Waals surface area contributed by atoms with Gasteiger partial charge in [0.2, 0.25) is 5.95 Å². The van der Waals surface area contributed by atoms with Crippen LogP contribution in [0.15, 0.2) is 30.6 Å². The number of aryl methyl sites for hydroxylation is 1. The third-order valence-electron chi connectivity index (χ3n) is 3.29. The van der Waals surface area contributed by atoms with Crippen molar-refractivity contribution in [3.05, 3.63) is 47.3 Å². The van der Waals surface area contributed by atoms with Crippen molar-refractivity contribution in [2.45, 2.75) is 19.9 Å². The number of anilines is 2. The Labute approximate surface area is 106 Å². The molecule has 1 aromatic heterocycles. The molecule has 0 bridgehead atoms. The van der Waals surface area contributed by atoms with Crippen LogP contribution in [0.4, 0.5) is 11.6 Å². The molecule has 0 spiro atoms. The molecule has 0 radical (unpaired) electrons. The molecule has 4 heteroatoms. The van der Waals surface area contributed by atoms with Crippen molar-refractivity contribution in [3.8, 4) is 0 Å². The first-order chi connectivity index (χ1) is 8.72. The zero-order chi connectivity index (χ0) is 12.5. The highest BCUT2D eigenvalue weighted by atomic mass is 15.2. The highest BCUT2D eigenvalue weighted by molar-refractivity contribution is 5.48. The largest absolute Gasteiger partial charge is 0.399 e. The molecule has 1 aliphatic rings. The van der Waals surface area contributed by atoms with Gasteiger partial charge in [-0.25, -0.2) is 9.97 Å². The van der Waals surface area contributed by atoms with Crippen molar-refractivity contribution in [2.24, 2.45) is 0 Å². The summed E-state index contributed by atoms with van der Waals surface area (Å²) in [6.07, 6.45) is 4.74. The molecule has 0 aliphatic carbocycles. The number of fused-ring (bicyclic) bond motifs is 1. The van der Waals surface area contributed by atoms with Gasteiger partial charge in [0.05, 0.1) is 0 Å². The predicted molar refractivity (Wildman–Crippen MR) is 72.4 cm³/mol. The maximum absolute atomic E-state index is 5.84. The van der Waals surface area contributed by atoms with E-state index in [-0.39, 0.29) is 0 Å². The Hall–Kier alpha value is -2.10. The predicted octanol–water partition coefficient (Wildman–Crippen LogP) is 1.93. The monoisotopic (exact) mass is 240 g/mol. The van der Waals surface area contributed by atoms with E-state index in [1.54, 1.807) is 0 Å². The molecule has 1 aromatic carbocycles. The summed E-state index contributed by atoms with van der Waals surface area (Å²) >= 11 is 0. The van der Waals surface area contributed by atoms with Crippen LogP contribution in [0.25, 0.3) is 0 Å². The van der Waals surface area contributed by atoms with Gasteiger partial charge < -0.3 is 10.6 Å². The summed E-state index contributed by atoms with van der Waals surface area (Å²) in [6, 6.07) is 6.14. The van der Waals surface area contributed by atoms with E-state index in [9.17, 15) is 0 Å². The highest BCUT2D eigenvalue weighted by Gasteiger charge is 2.18. The molecule has 4 nitrogen and oxygen atoms in total. The normalized spacial score (nSPS) is 14.4. The second-order valence-electron chi connectivity index (χ2n) is 4.76. The quantitative estimate of drug-likeness (QED) is 0.774. The van der Waals surface area contributed by atoms with Crippen LogP contribution in [0.1, 0.15) is 16.7 Å². The van der Waals surface area contributed by atoms with E-state index >= 15 is 0 Å². The fourth-order valence-corrected chi connectivity index (χ4v) is 2.30. The summed E-state index contributed by atoms with van der Waals surface area (Å²) < 4.78 is 0. The van der Waals surface area contributed by atoms with Crippen LogP contribution < -0.4 is 10.6 Å². The summed E-state index contributed by atoms with van der Waals surface area (Å²) in [7, 11) is 0. The van der Waals surface area contributed by atoms with Crippen LogP contribution in [0.3, 0.4) is 0 Å². The first-order valence-electron chi connectivity index (χ1n) is 6.13. The van der Waals surface area contributed by atoms with Gasteiger partial charge in [-0.15, -0.1) is 0 Å². The van der Waals surface area contributed by atoms with Crippen LogP contribution in [0.5, 0.6) is 0 Å². The summed E-state index contributed by atoms with van der Waals surface area (Å²) in [5, 5.41) is 0. The van der Waals surface area contributed by atoms with E-state index in [1.807, 2.05) is 25.4 Å². The number of nitrogen functional groups attached to an aromatic ring is 1. The van der Waals surface area contributed by atoms with Crippen molar-refractivity contribution in [3.63, 3.8) is 0 Å². The molecule has 0 saturated carbocycles. The molecule has 0 atom stereocenters. The van der Waals surface area contributed by atoms with Crippen LogP contribution in [-0.4, -0.2) is 16.5 Å². The third-order valence-corrected chi connectivity index (χ3v) is 3.29. The zero-order valence-electron chi connectivity index (χ0n) is 10.4. The minimum absolute atomic E-state index is 0.800. The van der Waals surface area contributed by atoms with E-state index < -0.39 is 0 Å². The summed E-state index contributed by atoms with van der Waals surface area (Å²) in [4.78, 5) is 11.0. The number of hydrogen-bond acceptors (Lipinski definition) is 4. The Morgan fingerprint density at radius 2 is 1.94 bits per heavy atom. The Kier molecular flexibility index (Phi) is 2.63. The molecule has 3 rings (SSSR count). The Bertz CT molecular complexity index is 563. The van der Waals surface area contributed by atoms with Crippen LogP contribution in [-0.2, 0) is 13.0 Å². The molecule has 1 aliphatic heterocycles. The lowest BCUT2D eigenvalue weighted by atomic mass is 9.99. The minimum atomic E-state index is 0.800. The summed E-state index contributed by atoms with van der Waals surface area (Å²) in [6.45, 7) is 3.79. The maximum atomic E-state index is 5.84. The van der Waals surface area contributed by atoms with Crippen molar-refractivity contribution in [2.75, 3.05) is 17.2 Å². The van der Waals surface area contributed by atoms with Gasteiger partial charge in [-0.2, -0.15) is 0 Å². The highest BCUT2D eigenvalue weighted by Crippen LogP contribution is 2.23. The molecular formula is C14H16N4. The summed E-state index contributed by atoms with van der Waals surface area (Å²) in [5.41, 5.74) is 10.4. The van der Waals surface area contributed by atoms with Gasteiger partial charge in [-0.1, -0.05) is 6.07 Å². The molecule has 0 amide bonds. The van der Waals surface area contributed by atoms with Gasteiger partial charge in [-0.05, 0) is 42.2 Å². The number of hydrogen-bond donors (Lipinski definition) is 1. The smallest absolute Gasteiger partial charge is 0.225 e. The second-order valence-corrected chi connectivity index (χ2v) is 4.76. The number of benzene rings is 1. The van der Waals surface area contributed by atoms with E-state index in [1.165, 1.54) is 11.1 Å². The Morgan fingerprint density at radius 1 is 1.17 bits per heavy atom. The fraction of sp³-hybridized carbons (Fsp3) is 0.286. The van der Waals surface area contributed by atoms with E-state index in [2.05, 4.69) is 27.0 Å². The average Bonchev–Trinajstić information content (AvgIpc) is 2.38. The van der Waals surface area contributed by atoms with Crippen LogP contribution >= 0.6 is 0 Å². The van der Waals surface area contributed by atoms with Crippen molar-refractivity contribution >= 4 is 11.6 Å². The number of rotatable bonds is 1. The van der Waals surface area contributed by atoms with Crippen LogP contribution in [0, 0.1) is 6.92 Å². The molecule has 0 fully saturated rings. The zero-order valence-corrected chi connectivity index (χ0v) is 10.4. The second kappa shape index (κ2) is 4.29. The van der Waals surface area contributed by atoms with Gasteiger partial charge in [0.15, 0.2) is 0 Å². The molecule has 18 heavy (non-hydrogen) atoms. The molecule has 0 saturated heterocycles. The van der Waals surface area contributed by atoms with E-state index in [4.69, 9.17) is 5.73 Å².